The van der Waals surface area contributed by atoms with Gasteiger partial charge in [-0.05, 0) is 28.1 Å². The lowest BCUT2D eigenvalue weighted by Crippen LogP contribution is -1.96. The average Bonchev–Trinajstić information content (AvgIpc) is 2.36. The molecule has 0 aromatic heterocycles. The second-order valence-corrected chi connectivity index (χ2v) is 4.49. The maximum absolute atomic E-state index is 13.6. The number of nitrogen functional groups attached to an aromatic ring is 1. The Kier molecular flexibility index (Phi) is 3.67. The number of hydrogen-bond acceptors (Lipinski definition) is 3. The molecule has 0 aliphatic rings. The molecule has 0 amide bonds. The highest BCUT2D eigenvalue weighted by Gasteiger charge is 2.13. The zero-order valence-corrected chi connectivity index (χ0v) is 11.0. The lowest BCUT2D eigenvalue weighted by Gasteiger charge is -2.10. The lowest BCUT2D eigenvalue weighted by atomic mass is 10.2. The smallest absolute Gasteiger partial charge is 0.167 e. The monoisotopic (exact) mass is 324 g/mol. The largest absolute Gasteiger partial charge is 0.453 e. The van der Waals surface area contributed by atoms with Crippen LogP contribution in [0.25, 0.3) is 0 Å². The zero-order valence-electron chi connectivity index (χ0n) is 9.45. The summed E-state index contributed by atoms with van der Waals surface area (Å²) in [7, 11) is 0. The average molecular weight is 325 g/mol. The van der Waals surface area contributed by atoms with E-state index in [1.54, 1.807) is 12.1 Å². The Balaban J connectivity index is 2.45. The van der Waals surface area contributed by atoms with Crippen molar-refractivity contribution >= 4 is 21.6 Å². The van der Waals surface area contributed by atoms with E-state index in [1.165, 1.54) is 6.07 Å². The molecule has 6 heteroatoms. The van der Waals surface area contributed by atoms with Crippen LogP contribution in [0.15, 0.2) is 34.8 Å². The standard InChI is InChI=1S/C13H7BrF2N2O/c14-8-2-1-3-12(7(8)6-17)19-13-5-9(15)11(18)4-10(13)16/h1-5H,18H2. The molecule has 96 valence electrons. The van der Waals surface area contributed by atoms with Crippen LogP contribution in [0.5, 0.6) is 11.5 Å². The van der Waals surface area contributed by atoms with E-state index in [0.29, 0.717) is 4.47 Å². The third-order valence-electron chi connectivity index (χ3n) is 2.36. The van der Waals surface area contributed by atoms with Crippen molar-refractivity contribution < 1.29 is 13.5 Å². The van der Waals surface area contributed by atoms with E-state index in [2.05, 4.69) is 15.9 Å². The lowest BCUT2D eigenvalue weighted by molar-refractivity contribution is 0.436. The molecule has 0 aliphatic heterocycles. The maximum atomic E-state index is 13.6. The summed E-state index contributed by atoms with van der Waals surface area (Å²) in [4.78, 5) is 0. The molecule has 3 nitrogen and oxygen atoms in total. The van der Waals surface area contributed by atoms with Crippen LogP contribution in [0.4, 0.5) is 14.5 Å². The van der Waals surface area contributed by atoms with Gasteiger partial charge in [0, 0.05) is 16.6 Å². The minimum absolute atomic E-state index is 0.125. The molecule has 2 aromatic carbocycles. The van der Waals surface area contributed by atoms with Gasteiger partial charge in [0.25, 0.3) is 0 Å². The summed E-state index contributed by atoms with van der Waals surface area (Å²) >= 11 is 3.17. The number of halogens is 3. The van der Waals surface area contributed by atoms with Gasteiger partial charge in [-0.3, -0.25) is 0 Å². The molecule has 0 atom stereocenters. The summed E-state index contributed by atoms with van der Waals surface area (Å²) in [6.07, 6.45) is 0. The molecule has 2 rings (SSSR count). The summed E-state index contributed by atoms with van der Waals surface area (Å²) < 4.78 is 32.6. The fourth-order valence-electron chi connectivity index (χ4n) is 1.44. The number of anilines is 1. The van der Waals surface area contributed by atoms with E-state index in [1.807, 2.05) is 6.07 Å². The minimum Gasteiger partial charge on any atom is -0.453 e. The number of nitrogens with two attached hydrogens (primary N) is 1. The van der Waals surface area contributed by atoms with E-state index in [-0.39, 0.29) is 22.7 Å². The second kappa shape index (κ2) is 5.24. The molecule has 2 aromatic rings. The fourth-order valence-corrected chi connectivity index (χ4v) is 1.88. The van der Waals surface area contributed by atoms with E-state index in [4.69, 9.17) is 15.7 Å². The maximum Gasteiger partial charge on any atom is 0.167 e. The number of hydrogen-bond donors (Lipinski definition) is 1. The molecular formula is C13H7BrF2N2O. The van der Waals surface area contributed by atoms with Crippen molar-refractivity contribution in [3.8, 4) is 17.6 Å². The van der Waals surface area contributed by atoms with Crippen LogP contribution < -0.4 is 10.5 Å². The summed E-state index contributed by atoms with van der Waals surface area (Å²) in [6.45, 7) is 0. The Morgan fingerprint density at radius 1 is 1.16 bits per heavy atom. The van der Waals surface area contributed by atoms with Crippen molar-refractivity contribution in [3.63, 3.8) is 0 Å². The van der Waals surface area contributed by atoms with E-state index < -0.39 is 11.6 Å². The van der Waals surface area contributed by atoms with Crippen molar-refractivity contribution in [2.75, 3.05) is 5.73 Å². The molecule has 0 spiro atoms. The molecule has 0 saturated heterocycles. The predicted molar refractivity (Wildman–Crippen MR) is 69.7 cm³/mol. The summed E-state index contributed by atoms with van der Waals surface area (Å²) in [5.41, 5.74) is 5.12. The number of ether oxygens (including phenoxy) is 1. The second-order valence-electron chi connectivity index (χ2n) is 3.63. The Morgan fingerprint density at radius 2 is 1.89 bits per heavy atom. The van der Waals surface area contributed by atoms with E-state index in [9.17, 15) is 8.78 Å². The van der Waals surface area contributed by atoms with Gasteiger partial charge in [-0.1, -0.05) is 6.07 Å². The third kappa shape index (κ3) is 2.66. The van der Waals surface area contributed by atoms with Gasteiger partial charge in [0.15, 0.2) is 11.6 Å². The predicted octanol–water partition coefficient (Wildman–Crippen LogP) is 3.97. The number of nitrogens with zero attached hydrogens (tertiary/aromatic N) is 1. The van der Waals surface area contributed by atoms with Crippen LogP contribution in [-0.2, 0) is 0 Å². The summed E-state index contributed by atoms with van der Waals surface area (Å²) in [5, 5.41) is 9.00. The molecule has 0 unspecified atom stereocenters. The molecule has 0 bridgehead atoms. The highest BCUT2D eigenvalue weighted by Crippen LogP contribution is 2.32. The van der Waals surface area contributed by atoms with Crippen LogP contribution in [0.3, 0.4) is 0 Å². The van der Waals surface area contributed by atoms with Gasteiger partial charge < -0.3 is 10.5 Å². The van der Waals surface area contributed by atoms with Crippen molar-refractivity contribution in [2.45, 2.75) is 0 Å². The Hall–Kier alpha value is -2.13. The van der Waals surface area contributed by atoms with Crippen LogP contribution in [-0.4, -0.2) is 0 Å². The van der Waals surface area contributed by atoms with Crippen molar-refractivity contribution in [2.24, 2.45) is 0 Å². The van der Waals surface area contributed by atoms with Crippen molar-refractivity contribution in [3.05, 3.63) is 52.0 Å². The molecule has 0 heterocycles. The normalized spacial score (nSPS) is 10.0. The molecule has 0 aliphatic carbocycles. The third-order valence-corrected chi connectivity index (χ3v) is 3.02. The van der Waals surface area contributed by atoms with Crippen LogP contribution >= 0.6 is 15.9 Å². The Bertz CT molecular complexity index is 683. The minimum atomic E-state index is -0.803. The van der Waals surface area contributed by atoms with Crippen LogP contribution in [0, 0.1) is 23.0 Å². The summed E-state index contributed by atoms with van der Waals surface area (Å²) in [6, 6.07) is 8.33. The van der Waals surface area contributed by atoms with Gasteiger partial charge in [-0.15, -0.1) is 0 Å². The van der Waals surface area contributed by atoms with Crippen molar-refractivity contribution in [1.29, 1.82) is 5.26 Å². The summed E-state index contributed by atoms with van der Waals surface area (Å²) in [5.74, 6) is -1.80. The van der Waals surface area contributed by atoms with Gasteiger partial charge in [0.1, 0.15) is 23.2 Å². The topological polar surface area (TPSA) is 59.0 Å². The first-order chi connectivity index (χ1) is 9.02. The highest BCUT2D eigenvalue weighted by molar-refractivity contribution is 9.10. The van der Waals surface area contributed by atoms with E-state index >= 15 is 0 Å². The first kappa shape index (κ1) is 13.3. The zero-order chi connectivity index (χ0) is 14.0. The van der Waals surface area contributed by atoms with Gasteiger partial charge in [0.05, 0.1) is 5.69 Å². The molecule has 0 fully saturated rings. The fraction of sp³-hybridized carbons (Fsp3) is 0. The first-order valence-corrected chi connectivity index (χ1v) is 5.93. The SMILES string of the molecule is N#Cc1c(Br)cccc1Oc1cc(F)c(N)cc1F. The molecular weight excluding hydrogens is 318 g/mol. The van der Waals surface area contributed by atoms with Gasteiger partial charge >= 0.3 is 0 Å². The van der Waals surface area contributed by atoms with Gasteiger partial charge in [-0.2, -0.15) is 5.26 Å². The highest BCUT2D eigenvalue weighted by atomic mass is 79.9. The van der Waals surface area contributed by atoms with Gasteiger partial charge in [0.2, 0.25) is 0 Å². The Labute approximate surface area is 116 Å². The first-order valence-electron chi connectivity index (χ1n) is 5.14. The molecule has 19 heavy (non-hydrogen) atoms. The van der Waals surface area contributed by atoms with E-state index in [0.717, 1.165) is 12.1 Å². The Morgan fingerprint density at radius 3 is 2.58 bits per heavy atom. The number of benzene rings is 2. The van der Waals surface area contributed by atoms with Crippen LogP contribution in [0.1, 0.15) is 5.56 Å². The number of nitriles is 1. The van der Waals surface area contributed by atoms with Crippen LogP contribution in [0.2, 0.25) is 0 Å². The molecule has 2 N–H and O–H groups in total. The van der Waals surface area contributed by atoms with Crippen molar-refractivity contribution in [1.82, 2.24) is 0 Å². The quantitative estimate of drug-likeness (QED) is 0.850. The van der Waals surface area contributed by atoms with Gasteiger partial charge in [-0.25, -0.2) is 8.78 Å². The molecule has 0 radical (unpaired) electrons. The number of rotatable bonds is 2. The molecule has 0 saturated carbocycles.